The SMILES string of the molecule is COC[C@]12CC[C@H](C)CC1CC[C@]1(N)C2CC[C@@]2(C)C1CC[C@@H]2C(=O)CN(N)c1c(N)cccc1F. The number of fused-ring (bicyclic) bond motifs is 5. The van der Waals surface area contributed by atoms with Gasteiger partial charge in [0.1, 0.15) is 11.5 Å². The molecule has 0 heterocycles. The molecule has 200 valence electrons. The highest BCUT2D eigenvalue weighted by Gasteiger charge is 2.67. The van der Waals surface area contributed by atoms with Gasteiger partial charge in [-0.3, -0.25) is 9.80 Å². The molecule has 0 aliphatic heterocycles. The Bertz CT molecular complexity index is 985. The number of hydrogen-bond acceptors (Lipinski definition) is 6. The van der Waals surface area contributed by atoms with E-state index in [1.54, 1.807) is 12.1 Å². The molecule has 1 aromatic carbocycles. The van der Waals surface area contributed by atoms with Crippen molar-refractivity contribution in [3.8, 4) is 0 Å². The fourth-order valence-corrected chi connectivity index (χ4v) is 9.73. The Labute approximate surface area is 215 Å². The number of ketones is 1. The number of para-hydroxylation sites is 1. The minimum atomic E-state index is -0.510. The second kappa shape index (κ2) is 9.25. The first-order chi connectivity index (χ1) is 17.1. The maximum Gasteiger partial charge on any atom is 0.157 e. The van der Waals surface area contributed by atoms with Gasteiger partial charge in [0, 0.05) is 24.0 Å². The summed E-state index contributed by atoms with van der Waals surface area (Å²) >= 11 is 0. The van der Waals surface area contributed by atoms with Gasteiger partial charge in [-0.2, -0.15) is 0 Å². The van der Waals surface area contributed by atoms with Crippen LogP contribution < -0.4 is 22.3 Å². The molecular formula is C29H45FN4O2. The third-order valence-corrected chi connectivity index (χ3v) is 11.3. The molecule has 4 aliphatic carbocycles. The van der Waals surface area contributed by atoms with E-state index in [1.165, 1.54) is 30.3 Å². The normalized spacial score (nSPS) is 41.8. The molecule has 1 aromatic rings. The number of hydrogen-bond donors (Lipinski definition) is 3. The molecule has 0 bridgehead atoms. The van der Waals surface area contributed by atoms with Gasteiger partial charge in [-0.25, -0.2) is 10.2 Å². The molecule has 0 aromatic heterocycles. The number of rotatable bonds is 6. The first kappa shape index (κ1) is 25.9. The number of anilines is 2. The summed E-state index contributed by atoms with van der Waals surface area (Å²) < 4.78 is 20.3. The molecule has 0 amide bonds. The maximum absolute atomic E-state index is 14.4. The number of methoxy groups -OCH3 is 1. The number of Topliss-reactive ketones (excluding diaryl/α,β-unsaturated/α-hetero) is 1. The Balaban J connectivity index is 1.38. The topological polar surface area (TPSA) is 108 Å². The quantitative estimate of drug-likeness (QED) is 0.298. The summed E-state index contributed by atoms with van der Waals surface area (Å²) in [5.74, 6) is 7.83. The smallest absolute Gasteiger partial charge is 0.157 e. The first-order valence-electron chi connectivity index (χ1n) is 13.9. The van der Waals surface area contributed by atoms with E-state index in [1.807, 2.05) is 7.11 Å². The fourth-order valence-electron chi connectivity index (χ4n) is 9.73. The van der Waals surface area contributed by atoms with Gasteiger partial charge >= 0.3 is 0 Å². The van der Waals surface area contributed by atoms with Crippen molar-refractivity contribution < 1.29 is 13.9 Å². The summed E-state index contributed by atoms with van der Waals surface area (Å²) in [5, 5.41) is 1.19. The Morgan fingerprint density at radius 1 is 1.14 bits per heavy atom. The van der Waals surface area contributed by atoms with E-state index < -0.39 is 5.82 Å². The van der Waals surface area contributed by atoms with Crippen molar-refractivity contribution in [1.29, 1.82) is 0 Å². The molecule has 7 heteroatoms. The molecule has 4 saturated carbocycles. The highest BCUT2D eigenvalue weighted by molar-refractivity contribution is 5.87. The summed E-state index contributed by atoms with van der Waals surface area (Å²) in [4.78, 5) is 13.7. The van der Waals surface area contributed by atoms with Crippen LogP contribution in [0.5, 0.6) is 0 Å². The van der Waals surface area contributed by atoms with Gasteiger partial charge in [-0.05, 0) is 92.6 Å². The van der Waals surface area contributed by atoms with Crippen molar-refractivity contribution >= 4 is 17.2 Å². The van der Waals surface area contributed by atoms with Crippen LogP contribution in [0.4, 0.5) is 15.8 Å². The van der Waals surface area contributed by atoms with Crippen LogP contribution in [0.2, 0.25) is 0 Å². The van der Waals surface area contributed by atoms with Crippen molar-refractivity contribution in [3.63, 3.8) is 0 Å². The molecule has 0 saturated heterocycles. The van der Waals surface area contributed by atoms with Crippen LogP contribution in [-0.4, -0.2) is 31.6 Å². The second-order valence-electron chi connectivity index (χ2n) is 12.9. The highest BCUT2D eigenvalue weighted by atomic mass is 19.1. The van der Waals surface area contributed by atoms with Crippen LogP contribution >= 0.6 is 0 Å². The van der Waals surface area contributed by atoms with Gasteiger partial charge in [0.25, 0.3) is 0 Å². The number of nitrogens with zero attached hydrogens (tertiary/aromatic N) is 1. The molecule has 6 N–H and O–H groups in total. The molecule has 8 atom stereocenters. The molecule has 3 unspecified atom stereocenters. The van der Waals surface area contributed by atoms with Gasteiger partial charge in [-0.15, -0.1) is 0 Å². The Morgan fingerprint density at radius 2 is 1.92 bits per heavy atom. The second-order valence-corrected chi connectivity index (χ2v) is 12.9. The van der Waals surface area contributed by atoms with Crippen LogP contribution in [0.1, 0.15) is 71.6 Å². The van der Waals surface area contributed by atoms with Gasteiger partial charge < -0.3 is 16.2 Å². The third kappa shape index (κ3) is 3.80. The highest BCUT2D eigenvalue weighted by Crippen LogP contribution is 2.68. The number of carbonyl (C=O) groups is 1. The van der Waals surface area contributed by atoms with Crippen LogP contribution in [-0.2, 0) is 9.53 Å². The molecule has 4 fully saturated rings. The van der Waals surface area contributed by atoms with E-state index in [9.17, 15) is 9.18 Å². The number of nitrogen functional groups attached to an aromatic ring is 1. The van der Waals surface area contributed by atoms with Gasteiger partial charge in [0.15, 0.2) is 5.78 Å². The third-order valence-electron chi connectivity index (χ3n) is 11.3. The summed E-state index contributed by atoms with van der Waals surface area (Å²) in [6.45, 7) is 5.43. The lowest BCUT2D eigenvalue weighted by molar-refractivity contribution is -0.163. The van der Waals surface area contributed by atoms with Crippen LogP contribution in [0, 0.1) is 46.2 Å². The van der Waals surface area contributed by atoms with Gasteiger partial charge in [-0.1, -0.05) is 26.3 Å². The minimum Gasteiger partial charge on any atom is -0.397 e. The molecule has 6 nitrogen and oxygen atoms in total. The number of ether oxygens (including phenoxy) is 1. The lowest BCUT2D eigenvalue weighted by atomic mass is 9.41. The van der Waals surface area contributed by atoms with E-state index in [0.29, 0.717) is 17.8 Å². The zero-order valence-electron chi connectivity index (χ0n) is 22.3. The molecule has 4 aliphatic rings. The van der Waals surface area contributed by atoms with Crippen molar-refractivity contribution in [2.24, 2.45) is 52.0 Å². The number of carbonyl (C=O) groups excluding carboxylic acids is 1. The number of hydrazine groups is 1. The molecular weight excluding hydrogens is 455 g/mol. The Morgan fingerprint density at radius 3 is 2.64 bits per heavy atom. The summed E-state index contributed by atoms with van der Waals surface area (Å²) in [6, 6.07) is 4.47. The summed E-state index contributed by atoms with van der Waals surface area (Å²) in [7, 11) is 1.84. The van der Waals surface area contributed by atoms with Gasteiger partial charge in [0.05, 0.1) is 18.8 Å². The molecule has 5 rings (SSSR count). The van der Waals surface area contributed by atoms with Crippen LogP contribution in [0.3, 0.4) is 0 Å². The number of nitrogens with two attached hydrogens (primary N) is 3. The van der Waals surface area contributed by atoms with E-state index in [0.717, 1.165) is 51.0 Å². The fraction of sp³-hybridized carbons (Fsp3) is 0.759. The van der Waals surface area contributed by atoms with Crippen LogP contribution in [0.25, 0.3) is 0 Å². The van der Waals surface area contributed by atoms with E-state index in [-0.39, 0.29) is 46.0 Å². The average Bonchev–Trinajstić information content (AvgIpc) is 3.18. The van der Waals surface area contributed by atoms with Crippen LogP contribution in [0.15, 0.2) is 18.2 Å². The minimum absolute atomic E-state index is 0.0489. The lowest BCUT2D eigenvalue weighted by Crippen LogP contribution is -2.69. The van der Waals surface area contributed by atoms with E-state index in [2.05, 4.69) is 13.8 Å². The van der Waals surface area contributed by atoms with Crippen molar-refractivity contribution in [3.05, 3.63) is 24.0 Å². The van der Waals surface area contributed by atoms with Crippen molar-refractivity contribution in [1.82, 2.24) is 0 Å². The summed E-state index contributed by atoms with van der Waals surface area (Å²) in [6.07, 6.45) is 9.78. The standard InChI is InChI=1S/C29H45FN4O2/c1-18-9-13-28(17-36-3)19(15-18)10-14-29(32)24-8-7-20(27(24,2)12-11-25(28)29)23(35)16-34(33)26-21(30)5-4-6-22(26)31/h4-6,18-20,24-25H,7-17,31-33H2,1-3H3/t18-,19?,20+,24?,25?,27+,28+,29+/m0/s1. The average molecular weight is 501 g/mol. The molecule has 0 spiro atoms. The number of halogens is 1. The van der Waals surface area contributed by atoms with E-state index in [4.69, 9.17) is 22.0 Å². The monoisotopic (exact) mass is 500 g/mol. The zero-order chi connectivity index (χ0) is 25.9. The predicted octanol–water partition coefficient (Wildman–Crippen LogP) is 4.66. The summed E-state index contributed by atoms with van der Waals surface area (Å²) in [5.41, 5.74) is 13.6. The zero-order valence-corrected chi connectivity index (χ0v) is 22.3. The van der Waals surface area contributed by atoms with Crippen molar-refractivity contribution in [2.75, 3.05) is 31.0 Å². The van der Waals surface area contributed by atoms with E-state index >= 15 is 0 Å². The first-order valence-corrected chi connectivity index (χ1v) is 13.9. The largest absolute Gasteiger partial charge is 0.397 e. The lowest BCUT2D eigenvalue weighted by Gasteiger charge is -2.66. The Kier molecular flexibility index (Phi) is 6.66. The van der Waals surface area contributed by atoms with Gasteiger partial charge in [0.2, 0.25) is 0 Å². The molecule has 36 heavy (non-hydrogen) atoms. The Hall–Kier alpha value is -1.70. The molecule has 0 radical (unpaired) electrons. The predicted molar refractivity (Wildman–Crippen MR) is 141 cm³/mol. The van der Waals surface area contributed by atoms with Crippen molar-refractivity contribution in [2.45, 2.75) is 77.2 Å². The maximum atomic E-state index is 14.4. The number of benzene rings is 1.